The summed E-state index contributed by atoms with van der Waals surface area (Å²) in [4.78, 5) is 5.28. The monoisotopic (exact) mass is 648 g/mol. The second-order valence-electron chi connectivity index (χ2n) is 10.4. The van der Waals surface area contributed by atoms with Crippen LogP contribution in [0.1, 0.15) is 41.8 Å². The zero-order valence-corrected chi connectivity index (χ0v) is 27.7. The molecule has 204 valence electrons. The van der Waals surface area contributed by atoms with E-state index >= 15 is 0 Å². The molecule has 0 spiro atoms. The Morgan fingerprint density at radius 1 is 0.357 bits per heavy atom. The molecular formula is C36H24S6. The maximum Gasteiger partial charge on any atom is 0.0635 e. The first-order chi connectivity index (χ1) is 20.5. The molecule has 6 heterocycles. The predicted octanol–water partition coefficient (Wildman–Crippen LogP) is 13.8. The minimum atomic E-state index is 1.25. The zero-order valence-electron chi connectivity index (χ0n) is 22.8. The average Bonchev–Trinajstić information content (AvgIpc) is 3.80. The van der Waals surface area contributed by atoms with Gasteiger partial charge in [0.05, 0.1) is 18.8 Å². The van der Waals surface area contributed by atoms with Gasteiger partial charge in [0.2, 0.25) is 0 Å². The van der Waals surface area contributed by atoms with Gasteiger partial charge in [-0.15, -0.1) is 68.0 Å². The van der Waals surface area contributed by atoms with Gasteiger partial charge in [-0.05, 0) is 73.5 Å². The lowest BCUT2D eigenvalue weighted by atomic mass is 10.1. The average molecular weight is 649 g/mol. The summed E-state index contributed by atoms with van der Waals surface area (Å²) in [6, 6.07) is 26.8. The number of aryl methyl sites for hydroxylation is 2. The molecule has 6 aromatic heterocycles. The summed E-state index contributed by atoms with van der Waals surface area (Å²) in [5.41, 5.74) is 5.08. The Kier molecular flexibility index (Phi) is 6.86. The maximum absolute atomic E-state index is 2.36. The molecule has 8 aromatic rings. The van der Waals surface area contributed by atoms with Gasteiger partial charge in [-0.25, -0.2) is 0 Å². The van der Waals surface area contributed by atoms with Crippen molar-refractivity contribution in [3.05, 3.63) is 115 Å². The van der Waals surface area contributed by atoms with Crippen LogP contribution in [0.25, 0.3) is 74.1 Å². The van der Waals surface area contributed by atoms with Crippen molar-refractivity contribution in [1.82, 2.24) is 0 Å². The fourth-order valence-electron chi connectivity index (χ4n) is 4.95. The van der Waals surface area contributed by atoms with Gasteiger partial charge in [0.15, 0.2) is 0 Å². The fourth-order valence-corrected chi connectivity index (χ4v) is 12.6. The normalized spacial score (nSPS) is 12.7. The van der Waals surface area contributed by atoms with Gasteiger partial charge < -0.3 is 0 Å². The first kappa shape index (κ1) is 26.5. The van der Waals surface area contributed by atoms with Crippen molar-refractivity contribution in [2.75, 3.05) is 0 Å². The van der Waals surface area contributed by atoms with Crippen LogP contribution in [0.3, 0.4) is 0 Å². The molecule has 0 saturated heterocycles. The minimum Gasteiger partial charge on any atom is -0.133 e. The summed E-state index contributed by atoms with van der Waals surface area (Å²) in [6.07, 6.45) is 13.5. The zero-order chi connectivity index (χ0) is 28.2. The Hall–Kier alpha value is -3.10. The van der Waals surface area contributed by atoms with E-state index in [2.05, 4.69) is 123 Å². The van der Waals surface area contributed by atoms with Crippen molar-refractivity contribution in [3.8, 4) is 0 Å². The molecule has 0 amide bonds. The molecule has 0 aliphatic carbocycles. The van der Waals surface area contributed by atoms with Crippen molar-refractivity contribution in [3.63, 3.8) is 0 Å². The molecule has 0 aliphatic heterocycles. The van der Waals surface area contributed by atoms with E-state index in [1.54, 1.807) is 0 Å². The molecule has 2 aromatic carbocycles. The Morgan fingerprint density at radius 3 is 0.952 bits per heavy atom. The van der Waals surface area contributed by atoms with Gasteiger partial charge in [0, 0.05) is 38.3 Å². The van der Waals surface area contributed by atoms with E-state index < -0.39 is 0 Å². The number of fused-ring (bicyclic) bond motifs is 6. The molecule has 0 unspecified atom stereocenters. The number of hydrogen-bond donors (Lipinski definition) is 0. The maximum atomic E-state index is 2.36. The Morgan fingerprint density at radius 2 is 0.643 bits per heavy atom. The largest absolute Gasteiger partial charge is 0.133 e. The molecular weight excluding hydrogens is 625 g/mol. The predicted molar refractivity (Wildman–Crippen MR) is 199 cm³/mol. The van der Waals surface area contributed by atoms with Crippen LogP contribution >= 0.6 is 68.0 Å². The molecule has 0 saturated carbocycles. The van der Waals surface area contributed by atoms with E-state index in [1.807, 2.05) is 68.0 Å². The van der Waals surface area contributed by atoms with Crippen LogP contribution in [0.15, 0.2) is 72.8 Å². The third-order valence-electron chi connectivity index (χ3n) is 7.17. The highest BCUT2D eigenvalue weighted by Gasteiger charge is 2.13. The molecule has 8 rings (SSSR count). The van der Waals surface area contributed by atoms with Crippen LogP contribution in [0.2, 0.25) is 0 Å². The minimum absolute atomic E-state index is 1.25. The Bertz CT molecular complexity index is 2130. The van der Waals surface area contributed by atoms with E-state index in [1.165, 1.54) is 79.4 Å². The lowest BCUT2D eigenvalue weighted by molar-refractivity contribution is 1.46. The second kappa shape index (κ2) is 10.9. The summed E-state index contributed by atoms with van der Waals surface area (Å²) in [5.74, 6) is 0. The van der Waals surface area contributed by atoms with Gasteiger partial charge in [0.1, 0.15) is 0 Å². The summed E-state index contributed by atoms with van der Waals surface area (Å²) in [7, 11) is 0. The molecule has 0 aliphatic rings. The van der Waals surface area contributed by atoms with Crippen molar-refractivity contribution in [2.45, 2.75) is 13.8 Å². The van der Waals surface area contributed by atoms with Crippen molar-refractivity contribution < 1.29 is 0 Å². The van der Waals surface area contributed by atoms with Crippen molar-refractivity contribution >= 4 is 142 Å². The molecule has 42 heavy (non-hydrogen) atoms. The van der Waals surface area contributed by atoms with Crippen molar-refractivity contribution in [1.29, 1.82) is 0 Å². The Balaban J connectivity index is 1.02. The van der Waals surface area contributed by atoms with Crippen LogP contribution in [-0.2, 0) is 0 Å². The highest BCUT2D eigenvalue weighted by atomic mass is 32.1. The van der Waals surface area contributed by atoms with Crippen molar-refractivity contribution in [2.24, 2.45) is 0 Å². The molecule has 6 heteroatoms. The van der Waals surface area contributed by atoms with Crippen LogP contribution in [0, 0.1) is 13.8 Å². The second-order valence-corrected chi connectivity index (χ2v) is 16.9. The topological polar surface area (TPSA) is 0 Å². The lowest BCUT2D eigenvalue weighted by Gasteiger charge is -1.93. The van der Waals surface area contributed by atoms with E-state index in [9.17, 15) is 0 Å². The number of rotatable bonds is 6. The van der Waals surface area contributed by atoms with Gasteiger partial charge in [0.25, 0.3) is 0 Å². The number of thiophene rings is 6. The summed E-state index contributed by atoms with van der Waals surface area (Å²) in [6.45, 7) is 4.26. The van der Waals surface area contributed by atoms with Gasteiger partial charge >= 0.3 is 0 Å². The standard InChI is InChI=1S/C36H24S6/c1-21-3-7-23(8-4-21)11-13-25-17-29-33(37-25)35-31(41-29)19-27(39-35)15-16-28-20-32-36(40-28)34-30(42-32)18-26(38-34)14-12-24-9-5-22(2)6-10-24/h3-20H,1-2H3. The van der Waals surface area contributed by atoms with Crippen LogP contribution in [-0.4, -0.2) is 0 Å². The lowest BCUT2D eigenvalue weighted by Crippen LogP contribution is -1.72. The SMILES string of the molecule is Cc1ccc(C=Cc2cc3sc4cc(C=Cc5cc6sc7cc(C=Cc8ccc(C)cc8)sc7c6s5)sc4c3s2)cc1. The summed E-state index contributed by atoms with van der Waals surface area (Å²) >= 11 is 11.5. The third kappa shape index (κ3) is 5.17. The van der Waals surface area contributed by atoms with Gasteiger partial charge in [-0.3, -0.25) is 0 Å². The van der Waals surface area contributed by atoms with Crippen LogP contribution in [0.5, 0.6) is 0 Å². The first-order valence-corrected chi connectivity index (χ1v) is 18.5. The van der Waals surface area contributed by atoms with Crippen LogP contribution in [0.4, 0.5) is 0 Å². The Labute approximate surface area is 268 Å². The molecule has 0 bridgehead atoms. The first-order valence-electron chi connectivity index (χ1n) is 13.6. The highest BCUT2D eigenvalue weighted by Crippen LogP contribution is 2.46. The van der Waals surface area contributed by atoms with Gasteiger partial charge in [-0.1, -0.05) is 71.8 Å². The number of benzene rings is 2. The molecule has 0 atom stereocenters. The fraction of sp³-hybridized carbons (Fsp3) is 0.0556. The third-order valence-corrected chi connectivity index (χ3v) is 14.6. The molecule has 0 radical (unpaired) electrons. The van der Waals surface area contributed by atoms with Crippen LogP contribution < -0.4 is 0 Å². The van der Waals surface area contributed by atoms with E-state index in [0.717, 1.165) is 0 Å². The summed E-state index contributed by atoms with van der Waals surface area (Å²) in [5, 5.41) is 0. The molecule has 0 nitrogen and oxygen atoms in total. The molecule has 0 N–H and O–H groups in total. The van der Waals surface area contributed by atoms with E-state index in [0.29, 0.717) is 0 Å². The summed E-state index contributed by atoms with van der Waals surface area (Å²) < 4.78 is 11.3. The number of hydrogen-bond acceptors (Lipinski definition) is 6. The quantitative estimate of drug-likeness (QED) is 0.168. The van der Waals surface area contributed by atoms with E-state index in [4.69, 9.17) is 0 Å². The molecule has 0 fully saturated rings. The smallest absolute Gasteiger partial charge is 0.0635 e. The van der Waals surface area contributed by atoms with Gasteiger partial charge in [-0.2, -0.15) is 0 Å². The highest BCUT2D eigenvalue weighted by molar-refractivity contribution is 7.39. The van der Waals surface area contributed by atoms with E-state index in [-0.39, 0.29) is 0 Å².